The average molecular weight is 376 g/mol. The number of likely N-dealkylation sites (N-methyl/N-ethyl adjacent to an activating group) is 1. The van der Waals surface area contributed by atoms with Gasteiger partial charge in [0, 0.05) is 28.2 Å². The van der Waals surface area contributed by atoms with Gasteiger partial charge in [-0.15, -0.1) is 6.42 Å². The third kappa shape index (κ3) is 6.61. The van der Waals surface area contributed by atoms with E-state index in [1.54, 1.807) is 14.1 Å². The molecule has 0 bridgehead atoms. The molecule has 0 aromatic rings. The lowest BCUT2D eigenvalue weighted by molar-refractivity contribution is -0.803. The minimum absolute atomic E-state index is 0.0669. The zero-order valence-electron chi connectivity index (χ0n) is 14.5. The van der Waals surface area contributed by atoms with Gasteiger partial charge in [0.25, 0.3) is 5.91 Å². The van der Waals surface area contributed by atoms with Crippen molar-refractivity contribution >= 4 is 47.4 Å². The van der Waals surface area contributed by atoms with Gasteiger partial charge in [-0.25, -0.2) is 28.2 Å². The van der Waals surface area contributed by atoms with Crippen molar-refractivity contribution in [3.8, 4) is 12.3 Å². The van der Waals surface area contributed by atoms with Crippen molar-refractivity contribution in [1.29, 1.82) is 0 Å². The quantitative estimate of drug-likeness (QED) is 0.249. The van der Waals surface area contributed by atoms with E-state index in [0.717, 1.165) is 16.4 Å². The van der Waals surface area contributed by atoms with Crippen LogP contribution in [0.2, 0.25) is 0 Å². The average Bonchev–Trinajstić information content (AvgIpc) is 2.50. The van der Waals surface area contributed by atoms with E-state index in [0.29, 0.717) is 0 Å². The second kappa shape index (κ2) is 9.31. The maximum Gasteiger partial charge on any atom is 0.445 e. The highest BCUT2D eigenvalue weighted by Crippen LogP contribution is 2.17. The number of carbonyl (C=O) groups is 3. The van der Waals surface area contributed by atoms with Crippen LogP contribution in [0.4, 0.5) is 9.59 Å². The van der Waals surface area contributed by atoms with E-state index in [4.69, 9.17) is 23.5 Å². The Kier molecular flexibility index (Phi) is 8.52. The molecule has 0 aromatic carbocycles. The second-order valence-electron chi connectivity index (χ2n) is 5.41. The summed E-state index contributed by atoms with van der Waals surface area (Å²) in [5.41, 5.74) is 2.10. The molecule has 0 saturated carbocycles. The molecule has 0 unspecified atom stereocenters. The monoisotopic (exact) mass is 376 g/mol. The van der Waals surface area contributed by atoms with E-state index >= 15 is 0 Å². The predicted octanol–water partition coefficient (Wildman–Crippen LogP) is 0.300. The number of hydrogen-bond donors (Lipinski definition) is 1. The minimum atomic E-state index is -0.837. The van der Waals surface area contributed by atoms with Crippen molar-refractivity contribution in [2.24, 2.45) is 0 Å². The number of amides is 4. The molecule has 4 amide bonds. The molecule has 134 valence electrons. The molecule has 0 spiro atoms. The molecule has 0 rings (SSSR count). The van der Waals surface area contributed by atoms with Gasteiger partial charge in [-0.1, -0.05) is 12.2 Å². The molecule has 0 atom stereocenters. The maximum absolute atomic E-state index is 12.3. The summed E-state index contributed by atoms with van der Waals surface area (Å²) < 4.78 is 2.24. The molecule has 11 heteroatoms. The Bertz CT molecular complexity index is 559. The Labute approximate surface area is 151 Å². The lowest BCUT2D eigenvalue weighted by Gasteiger charge is -2.29. The van der Waals surface area contributed by atoms with Gasteiger partial charge < -0.3 is 9.74 Å². The summed E-state index contributed by atoms with van der Waals surface area (Å²) in [6, 6.07) is -0.302. The molecule has 0 aliphatic carbocycles. The molecule has 24 heavy (non-hydrogen) atoms. The van der Waals surface area contributed by atoms with Gasteiger partial charge in [0.2, 0.25) is 0 Å². The first kappa shape index (κ1) is 22.0. The highest BCUT2D eigenvalue weighted by atomic mass is 32.2. The minimum Gasteiger partial charge on any atom is -0.343 e. The van der Waals surface area contributed by atoms with Crippen molar-refractivity contribution < 1.29 is 23.7 Å². The number of rotatable bonds is 3. The molecule has 0 heterocycles. The molecule has 1 N–H and O–H groups in total. The summed E-state index contributed by atoms with van der Waals surface area (Å²) >= 11 is 5.59. The molecular formula is C13H22N5O4S2+. The summed E-state index contributed by atoms with van der Waals surface area (Å²) in [6.45, 7) is 0.209. The van der Waals surface area contributed by atoms with Crippen molar-refractivity contribution in [2.75, 3.05) is 48.8 Å². The normalized spacial score (nSPS) is 10.2. The smallest absolute Gasteiger partial charge is 0.343 e. The summed E-state index contributed by atoms with van der Waals surface area (Å²) in [5, 5.41) is 0. The number of urea groups is 1. The number of carbonyl (C=O) groups excluding carboxylic acids is 3. The summed E-state index contributed by atoms with van der Waals surface area (Å²) in [4.78, 5) is 41.3. The Hall–Kier alpha value is -2.03. The molecule has 0 saturated heterocycles. The fourth-order valence-corrected chi connectivity index (χ4v) is 2.32. The summed E-state index contributed by atoms with van der Waals surface area (Å²) in [5.74, 6) is 1.92. The number of quaternary nitrogens is 1. The highest BCUT2D eigenvalue weighted by molar-refractivity contribution is 7.95. The van der Waals surface area contributed by atoms with Crippen LogP contribution in [0.5, 0.6) is 0 Å². The van der Waals surface area contributed by atoms with Crippen LogP contribution in [0, 0.1) is 12.3 Å². The van der Waals surface area contributed by atoms with E-state index in [2.05, 4.69) is 11.4 Å². The molecular weight excluding hydrogens is 354 g/mol. The first-order valence-corrected chi connectivity index (χ1v) is 7.76. The highest BCUT2D eigenvalue weighted by Gasteiger charge is 2.31. The standard InChI is InChI=1S/C13H21N5O4S2/c1-8-9-18(6,7)12(20)16(4)24-17(5)13(21)22-14-10(23)11(19)15(2)3/h1H,9H2,2-7H3/p+1. The molecule has 0 radical (unpaired) electrons. The van der Waals surface area contributed by atoms with E-state index in [-0.39, 0.29) is 22.0 Å². The van der Waals surface area contributed by atoms with Gasteiger partial charge in [0.15, 0.2) is 4.99 Å². The third-order valence-corrected chi connectivity index (χ3v) is 3.66. The Morgan fingerprint density at radius 1 is 1.21 bits per heavy atom. The Balaban J connectivity index is 4.56. The van der Waals surface area contributed by atoms with Crippen LogP contribution >= 0.6 is 24.4 Å². The lowest BCUT2D eigenvalue weighted by atomic mass is 10.5. The van der Waals surface area contributed by atoms with Crippen LogP contribution in [-0.2, 0) is 9.63 Å². The fourth-order valence-electron chi connectivity index (χ4n) is 1.33. The van der Waals surface area contributed by atoms with Gasteiger partial charge in [-0.2, -0.15) is 0 Å². The number of hydrogen-bond acceptors (Lipinski definition) is 6. The molecule has 9 nitrogen and oxygen atoms in total. The van der Waals surface area contributed by atoms with Crippen molar-refractivity contribution in [3.63, 3.8) is 0 Å². The van der Waals surface area contributed by atoms with E-state index in [9.17, 15) is 14.4 Å². The van der Waals surface area contributed by atoms with Crippen molar-refractivity contribution in [3.05, 3.63) is 0 Å². The van der Waals surface area contributed by atoms with Crippen LogP contribution in [-0.4, -0.2) is 89.8 Å². The lowest BCUT2D eigenvalue weighted by Crippen LogP contribution is -2.51. The Morgan fingerprint density at radius 2 is 1.75 bits per heavy atom. The number of nitrogens with zero attached hydrogens (tertiary/aromatic N) is 4. The number of hydroxylamine groups is 1. The van der Waals surface area contributed by atoms with Gasteiger partial charge in [0.1, 0.15) is 6.54 Å². The van der Waals surface area contributed by atoms with Crippen molar-refractivity contribution in [2.45, 2.75) is 0 Å². The van der Waals surface area contributed by atoms with Crippen molar-refractivity contribution in [1.82, 2.24) is 19.0 Å². The molecule has 0 aliphatic heterocycles. The second-order valence-corrected chi connectivity index (χ2v) is 7.07. The largest absolute Gasteiger partial charge is 0.445 e. The van der Waals surface area contributed by atoms with Crippen LogP contribution < -0.4 is 5.48 Å². The Morgan fingerprint density at radius 3 is 2.21 bits per heavy atom. The van der Waals surface area contributed by atoms with Crippen LogP contribution in [0.3, 0.4) is 0 Å². The van der Waals surface area contributed by atoms with Gasteiger partial charge in [-0.05, 0) is 5.92 Å². The van der Waals surface area contributed by atoms with Gasteiger partial charge in [0.05, 0.1) is 26.2 Å². The topological polar surface area (TPSA) is 82.2 Å². The first-order valence-electron chi connectivity index (χ1n) is 6.63. The van der Waals surface area contributed by atoms with Gasteiger partial charge >= 0.3 is 12.1 Å². The molecule has 0 aromatic heterocycles. The zero-order chi connectivity index (χ0) is 19.1. The SMILES string of the molecule is C#CC[N+](C)(C)C(=O)N(C)SN(C)C(=O)ONC(=S)C(=O)N(C)C. The molecule has 0 aliphatic rings. The van der Waals surface area contributed by atoms with Gasteiger partial charge in [-0.3, -0.25) is 4.79 Å². The van der Waals surface area contributed by atoms with E-state index in [1.807, 2.05) is 0 Å². The third-order valence-electron chi connectivity index (χ3n) is 2.61. The van der Waals surface area contributed by atoms with E-state index < -0.39 is 12.0 Å². The number of nitrogens with one attached hydrogen (secondary N) is 1. The fraction of sp³-hybridized carbons (Fsp3) is 0.538. The summed E-state index contributed by atoms with van der Waals surface area (Å²) in [7, 11) is 9.24. The van der Waals surface area contributed by atoms with Crippen LogP contribution in [0.15, 0.2) is 0 Å². The number of terminal acetylenes is 1. The number of thiocarbonyl (C=S) groups is 1. The predicted molar refractivity (Wildman–Crippen MR) is 95.2 cm³/mol. The van der Waals surface area contributed by atoms with Crippen LogP contribution in [0.1, 0.15) is 0 Å². The first-order chi connectivity index (χ1) is 10.9. The zero-order valence-corrected chi connectivity index (χ0v) is 16.2. The van der Waals surface area contributed by atoms with Crippen LogP contribution in [0.25, 0.3) is 0 Å². The maximum atomic E-state index is 12.3. The van der Waals surface area contributed by atoms with E-state index in [1.165, 1.54) is 37.4 Å². The summed E-state index contributed by atoms with van der Waals surface area (Å²) in [6.07, 6.45) is 4.40. The molecule has 0 fully saturated rings.